The molecule has 1 rings (SSSR count). The normalized spacial score (nSPS) is 19.3. The lowest BCUT2D eigenvalue weighted by Gasteiger charge is -2.20. The summed E-state index contributed by atoms with van der Waals surface area (Å²) >= 11 is 0. The van der Waals surface area contributed by atoms with Crippen LogP contribution < -0.4 is 0 Å². The van der Waals surface area contributed by atoms with E-state index in [1.54, 1.807) is 13.8 Å². The fraction of sp³-hybridized carbons (Fsp3) is 0.750. The third-order valence-corrected chi connectivity index (χ3v) is 3.71. The Kier molecular flexibility index (Phi) is 8.30. The molecule has 1 heterocycles. The quantitative estimate of drug-likeness (QED) is 0.235. The first kappa shape index (κ1) is 21.7. The number of cyclic esters (lactones) is 2. The maximum Gasteiger partial charge on any atom is 0.511 e. The van der Waals surface area contributed by atoms with E-state index in [2.05, 4.69) is 4.74 Å². The Morgan fingerprint density at radius 1 is 1.04 bits per heavy atom. The molecule has 0 aromatic carbocycles. The lowest BCUT2D eigenvalue weighted by atomic mass is 9.91. The molecule has 1 saturated heterocycles. The maximum atomic E-state index is 11.7. The van der Waals surface area contributed by atoms with Crippen LogP contribution >= 0.6 is 0 Å². The van der Waals surface area contributed by atoms with E-state index in [9.17, 15) is 19.2 Å². The van der Waals surface area contributed by atoms with Crippen molar-refractivity contribution >= 4 is 24.1 Å². The Morgan fingerprint density at radius 3 is 2.27 bits per heavy atom. The minimum Gasteiger partial charge on any atom is -0.462 e. The van der Waals surface area contributed by atoms with Gasteiger partial charge in [0.25, 0.3) is 0 Å². The third-order valence-electron chi connectivity index (χ3n) is 3.71. The van der Waals surface area contributed by atoms with Crippen molar-refractivity contribution < 1.29 is 47.6 Å². The Hall–Kier alpha value is -2.36. The monoisotopic (exact) mass is 376 g/mol. The van der Waals surface area contributed by atoms with Crippen molar-refractivity contribution in [2.24, 2.45) is 5.41 Å². The van der Waals surface area contributed by atoms with Crippen molar-refractivity contribution in [1.29, 1.82) is 0 Å². The minimum absolute atomic E-state index is 0.103. The van der Waals surface area contributed by atoms with Crippen LogP contribution in [0, 0.1) is 5.41 Å². The molecule has 0 bridgehead atoms. The van der Waals surface area contributed by atoms with E-state index in [1.807, 2.05) is 6.92 Å². The lowest BCUT2D eigenvalue weighted by molar-refractivity contribution is -0.163. The Balaban J connectivity index is 2.20. The van der Waals surface area contributed by atoms with Gasteiger partial charge >= 0.3 is 24.1 Å². The molecule has 2 unspecified atom stereocenters. The van der Waals surface area contributed by atoms with Crippen molar-refractivity contribution in [1.82, 2.24) is 0 Å². The van der Waals surface area contributed by atoms with Gasteiger partial charge in [-0.2, -0.15) is 0 Å². The van der Waals surface area contributed by atoms with E-state index in [0.29, 0.717) is 6.42 Å². The first-order chi connectivity index (χ1) is 12.2. The largest absolute Gasteiger partial charge is 0.511 e. The van der Waals surface area contributed by atoms with E-state index < -0.39 is 48.3 Å². The predicted octanol–water partition coefficient (Wildman–Crippen LogP) is 0.950. The molecule has 0 radical (unpaired) electrons. The van der Waals surface area contributed by atoms with Gasteiger partial charge in [0.1, 0.15) is 26.2 Å². The molecule has 1 fully saturated rings. The van der Waals surface area contributed by atoms with Crippen LogP contribution in [0.4, 0.5) is 4.79 Å². The number of hydrogen-bond donors (Lipinski definition) is 0. The molecule has 0 aliphatic carbocycles. The van der Waals surface area contributed by atoms with Gasteiger partial charge in [-0.05, 0) is 20.3 Å². The lowest BCUT2D eigenvalue weighted by Crippen LogP contribution is -2.30. The summed E-state index contributed by atoms with van der Waals surface area (Å²) in [6.45, 7) is 4.77. The number of carbonyl (C=O) groups is 4. The zero-order valence-electron chi connectivity index (χ0n) is 15.3. The number of hydrogen-bond acceptors (Lipinski definition) is 10. The summed E-state index contributed by atoms with van der Waals surface area (Å²) in [5, 5.41) is 0. The molecule has 0 N–H and O–H groups in total. The predicted molar refractivity (Wildman–Crippen MR) is 83.7 cm³/mol. The highest BCUT2D eigenvalue weighted by Gasteiger charge is 2.38. The number of carbonyl (C=O) groups excluding carboxylic acids is 4. The van der Waals surface area contributed by atoms with Gasteiger partial charge in [0, 0.05) is 7.11 Å². The molecular weight excluding hydrogens is 352 g/mol. The first-order valence-electron chi connectivity index (χ1n) is 8.08. The molecule has 1 aliphatic heterocycles. The summed E-state index contributed by atoms with van der Waals surface area (Å²) in [5.41, 5.74) is -0.610. The smallest absolute Gasteiger partial charge is 0.462 e. The van der Waals surface area contributed by atoms with Crippen LogP contribution in [0.5, 0.6) is 0 Å². The van der Waals surface area contributed by atoms with Gasteiger partial charge in [0.05, 0.1) is 5.41 Å². The van der Waals surface area contributed by atoms with Gasteiger partial charge in [-0.1, -0.05) is 6.92 Å². The standard InChI is InChI=1S/C16H24O10/c1-5-16(2,3)14(19)23-7-6-22-11(17)8-12(18)24-9-10-13(21-4)26-15(20)25-10/h10,13H,5-9H2,1-4H3. The van der Waals surface area contributed by atoms with Gasteiger partial charge in [-0.25, -0.2) is 4.79 Å². The van der Waals surface area contributed by atoms with Crippen molar-refractivity contribution in [3.8, 4) is 0 Å². The molecule has 2 atom stereocenters. The summed E-state index contributed by atoms with van der Waals surface area (Å²) in [5.74, 6) is -2.09. The zero-order valence-corrected chi connectivity index (χ0v) is 15.3. The van der Waals surface area contributed by atoms with E-state index >= 15 is 0 Å². The molecule has 26 heavy (non-hydrogen) atoms. The average Bonchev–Trinajstić information content (AvgIpc) is 2.96. The number of rotatable bonds is 10. The SMILES string of the molecule is CCC(C)(C)C(=O)OCCOC(=O)CC(=O)OCC1OC(=O)OC1OC. The van der Waals surface area contributed by atoms with Crippen molar-refractivity contribution in [2.75, 3.05) is 26.9 Å². The van der Waals surface area contributed by atoms with Crippen LogP contribution in [-0.2, 0) is 42.8 Å². The van der Waals surface area contributed by atoms with Crippen molar-refractivity contribution in [2.45, 2.75) is 46.0 Å². The minimum atomic E-state index is -0.982. The van der Waals surface area contributed by atoms with Gasteiger partial charge in [-0.15, -0.1) is 0 Å². The Bertz CT molecular complexity index is 527. The molecule has 1 aliphatic rings. The Morgan fingerprint density at radius 2 is 1.65 bits per heavy atom. The number of methoxy groups -OCH3 is 1. The number of esters is 3. The summed E-state index contributed by atoms with van der Waals surface area (Å²) in [4.78, 5) is 45.7. The second kappa shape index (κ2) is 9.95. The van der Waals surface area contributed by atoms with Gasteiger partial charge in [0.15, 0.2) is 0 Å². The zero-order chi connectivity index (χ0) is 19.7. The fourth-order valence-corrected chi connectivity index (χ4v) is 1.71. The highest BCUT2D eigenvalue weighted by Crippen LogP contribution is 2.21. The van der Waals surface area contributed by atoms with Crippen LogP contribution in [0.25, 0.3) is 0 Å². The Labute approximate surface area is 151 Å². The molecule has 148 valence electrons. The molecular formula is C16H24O10. The molecule has 0 aromatic rings. The van der Waals surface area contributed by atoms with Crippen LogP contribution in [0.15, 0.2) is 0 Å². The van der Waals surface area contributed by atoms with Crippen LogP contribution in [-0.4, -0.2) is 63.4 Å². The van der Waals surface area contributed by atoms with Crippen molar-refractivity contribution in [3.63, 3.8) is 0 Å². The molecule has 10 heteroatoms. The first-order valence-corrected chi connectivity index (χ1v) is 8.08. The van der Waals surface area contributed by atoms with Crippen LogP contribution in [0.3, 0.4) is 0 Å². The number of ether oxygens (including phenoxy) is 6. The topological polar surface area (TPSA) is 124 Å². The van der Waals surface area contributed by atoms with Gasteiger partial charge in [-0.3, -0.25) is 14.4 Å². The van der Waals surface area contributed by atoms with Crippen LogP contribution in [0.1, 0.15) is 33.6 Å². The van der Waals surface area contributed by atoms with E-state index in [4.69, 9.17) is 23.7 Å². The second-order valence-corrected chi connectivity index (χ2v) is 6.08. The highest BCUT2D eigenvalue weighted by atomic mass is 16.8. The van der Waals surface area contributed by atoms with E-state index in [0.717, 1.165) is 0 Å². The van der Waals surface area contributed by atoms with Gasteiger partial charge < -0.3 is 28.4 Å². The summed E-state index contributed by atoms with van der Waals surface area (Å²) < 4.78 is 28.8. The van der Waals surface area contributed by atoms with Gasteiger partial charge in [0.2, 0.25) is 12.4 Å². The summed E-state index contributed by atoms with van der Waals surface area (Å²) in [6.07, 6.45) is -2.84. The summed E-state index contributed by atoms with van der Waals surface area (Å²) in [6, 6.07) is 0. The third kappa shape index (κ3) is 6.87. The fourth-order valence-electron chi connectivity index (χ4n) is 1.71. The maximum absolute atomic E-state index is 11.7. The molecule has 0 amide bonds. The molecule has 10 nitrogen and oxygen atoms in total. The second-order valence-electron chi connectivity index (χ2n) is 6.08. The molecule has 0 aromatic heterocycles. The highest BCUT2D eigenvalue weighted by molar-refractivity contribution is 5.91. The van der Waals surface area contributed by atoms with Crippen molar-refractivity contribution in [3.05, 3.63) is 0 Å². The average molecular weight is 376 g/mol. The molecule has 0 saturated carbocycles. The molecule has 0 spiro atoms. The van der Waals surface area contributed by atoms with E-state index in [1.165, 1.54) is 7.11 Å². The van der Waals surface area contributed by atoms with E-state index in [-0.39, 0.29) is 19.8 Å². The summed E-state index contributed by atoms with van der Waals surface area (Å²) in [7, 11) is 1.30. The van der Waals surface area contributed by atoms with Crippen LogP contribution in [0.2, 0.25) is 0 Å².